The van der Waals surface area contributed by atoms with E-state index in [2.05, 4.69) is 10.3 Å². The van der Waals surface area contributed by atoms with Gasteiger partial charge in [0.2, 0.25) is 0 Å². The number of carbonyl (C=O) groups excluding carboxylic acids is 1. The van der Waals surface area contributed by atoms with Gasteiger partial charge in [-0.05, 0) is 25.0 Å². The molecule has 17 heavy (non-hydrogen) atoms. The fraction of sp³-hybridized carbons (Fsp3) is 0.500. The van der Waals surface area contributed by atoms with Crippen LogP contribution in [0.15, 0.2) is 18.3 Å². The van der Waals surface area contributed by atoms with Crippen LogP contribution < -0.4 is 10.1 Å². The van der Waals surface area contributed by atoms with Crippen molar-refractivity contribution in [3.8, 4) is 5.75 Å². The van der Waals surface area contributed by atoms with Crippen LogP contribution in [0.1, 0.15) is 19.3 Å². The summed E-state index contributed by atoms with van der Waals surface area (Å²) in [7, 11) is 0. The Labute approximate surface area is 98.8 Å². The predicted molar refractivity (Wildman–Crippen MR) is 60.7 cm³/mol. The Bertz CT molecular complexity index is 451. The van der Waals surface area contributed by atoms with Crippen molar-refractivity contribution in [1.82, 2.24) is 4.98 Å². The summed E-state index contributed by atoms with van der Waals surface area (Å²) in [6.45, 7) is -0.0132. The molecule has 3 rings (SSSR count). The lowest BCUT2D eigenvalue weighted by molar-refractivity contribution is -0.138. The second-order valence-electron chi connectivity index (χ2n) is 4.71. The number of hydrogen-bond acceptors (Lipinski definition) is 4. The summed E-state index contributed by atoms with van der Waals surface area (Å²) in [6.07, 6.45) is 3.70. The number of nitrogens with zero attached hydrogens (tertiary/aromatic N) is 1. The predicted octanol–water partition coefficient (Wildman–Crippen LogP) is 0.944. The van der Waals surface area contributed by atoms with Crippen molar-refractivity contribution in [1.29, 1.82) is 0 Å². The van der Waals surface area contributed by atoms with Crippen LogP contribution in [0.4, 0.5) is 5.82 Å². The monoisotopic (exact) mass is 234 g/mol. The molecule has 0 saturated heterocycles. The van der Waals surface area contributed by atoms with Gasteiger partial charge in [0, 0.05) is 11.6 Å². The fourth-order valence-electron chi connectivity index (χ4n) is 2.48. The van der Waals surface area contributed by atoms with Crippen molar-refractivity contribution in [3.63, 3.8) is 0 Å². The van der Waals surface area contributed by atoms with Crippen LogP contribution in [0.3, 0.4) is 0 Å². The minimum absolute atomic E-state index is 0.0132. The topological polar surface area (TPSA) is 71.5 Å². The van der Waals surface area contributed by atoms with Crippen molar-refractivity contribution in [2.75, 3.05) is 11.9 Å². The highest BCUT2D eigenvalue weighted by molar-refractivity contribution is 5.97. The summed E-state index contributed by atoms with van der Waals surface area (Å²) in [5.41, 5.74) is -0.405. The first kappa shape index (κ1) is 10.5. The van der Waals surface area contributed by atoms with Gasteiger partial charge in [-0.3, -0.25) is 4.79 Å². The number of aromatic nitrogens is 1. The molecule has 0 bridgehead atoms. The van der Waals surface area contributed by atoms with Crippen LogP contribution in [0.5, 0.6) is 5.75 Å². The van der Waals surface area contributed by atoms with E-state index in [-0.39, 0.29) is 12.5 Å². The highest BCUT2D eigenvalue weighted by atomic mass is 16.5. The summed E-state index contributed by atoms with van der Waals surface area (Å²) in [6, 6.07) is 3.54. The molecule has 5 nitrogen and oxygen atoms in total. The number of carbonyl (C=O) groups is 1. The number of anilines is 1. The van der Waals surface area contributed by atoms with Crippen molar-refractivity contribution >= 4 is 11.7 Å². The molecule has 1 saturated carbocycles. The second-order valence-corrected chi connectivity index (χ2v) is 4.71. The van der Waals surface area contributed by atoms with Gasteiger partial charge in [0.25, 0.3) is 5.91 Å². The Morgan fingerprint density at radius 1 is 1.59 bits per heavy atom. The average molecular weight is 234 g/mol. The fourth-order valence-corrected chi connectivity index (χ4v) is 2.48. The molecule has 2 N–H and O–H groups in total. The third-order valence-corrected chi connectivity index (χ3v) is 3.72. The largest absolute Gasteiger partial charge is 0.476 e. The van der Waals surface area contributed by atoms with E-state index >= 15 is 0 Å². The van der Waals surface area contributed by atoms with E-state index in [9.17, 15) is 9.90 Å². The van der Waals surface area contributed by atoms with Crippen molar-refractivity contribution < 1.29 is 14.6 Å². The Balaban J connectivity index is 1.92. The standard InChI is InChI=1S/C12H14N2O3/c15-7-12(4-2-5-12)9-11(16)14-10-8(17-9)3-1-6-13-10/h1,3,6,9,15H,2,4-5,7H2,(H,13,14,16). The number of nitrogens with one attached hydrogen (secondary N) is 1. The van der Waals surface area contributed by atoms with Gasteiger partial charge in [-0.25, -0.2) is 4.98 Å². The van der Waals surface area contributed by atoms with E-state index in [1.807, 2.05) is 0 Å². The number of ether oxygens (including phenoxy) is 1. The maximum atomic E-state index is 12.0. The van der Waals surface area contributed by atoms with Gasteiger partial charge < -0.3 is 15.2 Å². The van der Waals surface area contributed by atoms with Gasteiger partial charge in [0.1, 0.15) is 0 Å². The third-order valence-electron chi connectivity index (χ3n) is 3.72. The minimum atomic E-state index is -0.599. The molecule has 1 unspecified atom stereocenters. The molecule has 2 heterocycles. The molecule has 1 atom stereocenters. The normalized spacial score (nSPS) is 25.2. The zero-order valence-electron chi connectivity index (χ0n) is 9.35. The molecule has 1 aliphatic carbocycles. The van der Waals surface area contributed by atoms with Crippen molar-refractivity contribution in [3.05, 3.63) is 18.3 Å². The van der Waals surface area contributed by atoms with Crippen LogP contribution >= 0.6 is 0 Å². The van der Waals surface area contributed by atoms with Gasteiger partial charge >= 0.3 is 0 Å². The number of fused-ring (bicyclic) bond motifs is 1. The van der Waals surface area contributed by atoms with Gasteiger partial charge in [-0.15, -0.1) is 0 Å². The number of rotatable bonds is 2. The lowest BCUT2D eigenvalue weighted by Crippen LogP contribution is -2.55. The summed E-state index contributed by atoms with van der Waals surface area (Å²) in [4.78, 5) is 16.0. The molecule has 90 valence electrons. The number of hydrogen-bond donors (Lipinski definition) is 2. The van der Waals surface area contributed by atoms with Crippen LogP contribution in [0.2, 0.25) is 0 Å². The van der Waals surface area contributed by atoms with E-state index in [4.69, 9.17) is 4.74 Å². The number of aliphatic hydroxyl groups excluding tert-OH is 1. The molecule has 0 radical (unpaired) electrons. The first-order valence-corrected chi connectivity index (χ1v) is 5.79. The lowest BCUT2D eigenvalue weighted by Gasteiger charge is -2.46. The molecule has 0 spiro atoms. The molecular weight excluding hydrogens is 220 g/mol. The molecule has 1 aromatic rings. The molecule has 1 aliphatic heterocycles. The van der Waals surface area contributed by atoms with Crippen LogP contribution in [0.25, 0.3) is 0 Å². The summed E-state index contributed by atoms with van der Waals surface area (Å²) in [5, 5.41) is 12.2. The lowest BCUT2D eigenvalue weighted by atomic mass is 9.65. The van der Waals surface area contributed by atoms with Gasteiger partial charge in [-0.2, -0.15) is 0 Å². The Hall–Kier alpha value is -1.62. The highest BCUT2D eigenvalue weighted by Gasteiger charge is 2.50. The first-order valence-electron chi connectivity index (χ1n) is 5.79. The number of pyridine rings is 1. The van der Waals surface area contributed by atoms with Crippen LogP contribution in [-0.2, 0) is 4.79 Å². The van der Waals surface area contributed by atoms with Gasteiger partial charge in [0.15, 0.2) is 17.7 Å². The zero-order valence-corrected chi connectivity index (χ0v) is 9.35. The highest BCUT2D eigenvalue weighted by Crippen LogP contribution is 2.46. The smallest absolute Gasteiger partial charge is 0.267 e. The first-order chi connectivity index (χ1) is 8.25. The quantitative estimate of drug-likeness (QED) is 0.799. The molecule has 1 aromatic heterocycles. The molecular formula is C12H14N2O3. The van der Waals surface area contributed by atoms with Crippen molar-refractivity contribution in [2.24, 2.45) is 5.41 Å². The summed E-state index contributed by atoms with van der Waals surface area (Å²) >= 11 is 0. The number of amides is 1. The van der Waals surface area contributed by atoms with E-state index in [1.54, 1.807) is 18.3 Å². The Morgan fingerprint density at radius 2 is 2.41 bits per heavy atom. The molecule has 2 aliphatic rings. The number of aliphatic hydroxyl groups is 1. The maximum absolute atomic E-state index is 12.0. The molecule has 1 fully saturated rings. The van der Waals surface area contributed by atoms with Gasteiger partial charge in [0.05, 0.1) is 6.61 Å². The maximum Gasteiger partial charge on any atom is 0.267 e. The van der Waals surface area contributed by atoms with E-state index in [1.165, 1.54) is 0 Å². The van der Waals surface area contributed by atoms with Crippen molar-refractivity contribution in [2.45, 2.75) is 25.4 Å². The zero-order chi connectivity index (χ0) is 11.9. The van der Waals surface area contributed by atoms with E-state index in [0.29, 0.717) is 11.6 Å². The SMILES string of the molecule is O=C1Nc2ncccc2OC1C1(CO)CCC1. The third kappa shape index (κ3) is 1.50. The summed E-state index contributed by atoms with van der Waals surface area (Å²) < 4.78 is 5.71. The molecule has 5 heteroatoms. The molecule has 1 amide bonds. The average Bonchev–Trinajstić information content (AvgIpc) is 2.29. The Kier molecular flexibility index (Phi) is 2.29. The van der Waals surface area contributed by atoms with E-state index < -0.39 is 11.5 Å². The van der Waals surface area contributed by atoms with Crippen LogP contribution in [0, 0.1) is 5.41 Å². The van der Waals surface area contributed by atoms with Gasteiger partial charge in [-0.1, -0.05) is 6.42 Å². The second kappa shape index (κ2) is 3.70. The Morgan fingerprint density at radius 3 is 3.06 bits per heavy atom. The van der Waals surface area contributed by atoms with E-state index in [0.717, 1.165) is 19.3 Å². The summed E-state index contributed by atoms with van der Waals surface area (Å²) in [5.74, 6) is 0.836. The van der Waals surface area contributed by atoms with Crippen LogP contribution in [-0.4, -0.2) is 28.7 Å². The molecule has 0 aromatic carbocycles. The minimum Gasteiger partial charge on any atom is -0.476 e.